The monoisotopic (exact) mass is 726 g/mol. The molecule has 8 nitrogen and oxygen atoms in total. The number of nitrogens with zero attached hydrogens (tertiary/aromatic N) is 4. The largest absolute Gasteiger partial charge is 0.494 e. The van der Waals surface area contributed by atoms with Crippen molar-refractivity contribution in [1.82, 2.24) is 19.8 Å². The summed E-state index contributed by atoms with van der Waals surface area (Å²) in [6.45, 7) is 9.21. The Bertz CT molecular complexity index is 2030. The number of aliphatic imine (C=N–C) groups is 2. The number of piperidine rings is 2. The molecule has 2 aliphatic heterocycles. The Morgan fingerprint density at radius 2 is 1.04 bits per heavy atom. The molecule has 8 rings (SSSR count). The summed E-state index contributed by atoms with van der Waals surface area (Å²) in [5.41, 5.74) is 8.06. The summed E-state index contributed by atoms with van der Waals surface area (Å²) in [5.74, 6) is -0.281. The zero-order chi connectivity index (χ0) is 37.3. The second-order valence-corrected chi connectivity index (χ2v) is 14.6. The molecule has 0 saturated carbocycles. The van der Waals surface area contributed by atoms with Crippen molar-refractivity contribution in [3.05, 3.63) is 119 Å². The SMILES string of the molecule is Cc1cccc2[nH]c(O)c(C=Nc3ccc(CCN4CCCCC4)cc3)c12.Oc1[nH]c2cccc(F)c2c1C=Nc1ccc(CCN2CCCCC2)cc1. The zero-order valence-corrected chi connectivity index (χ0v) is 31.2. The van der Waals surface area contributed by atoms with Crippen molar-refractivity contribution >= 4 is 45.6 Å². The maximum absolute atomic E-state index is 14.1. The van der Waals surface area contributed by atoms with Crippen molar-refractivity contribution in [3.63, 3.8) is 0 Å². The fourth-order valence-electron chi connectivity index (χ4n) is 7.63. The van der Waals surface area contributed by atoms with Crippen LogP contribution in [0.15, 0.2) is 94.9 Å². The Hall–Kier alpha value is -5.25. The van der Waals surface area contributed by atoms with Crippen LogP contribution in [-0.2, 0) is 12.8 Å². The predicted octanol–water partition coefficient (Wildman–Crippen LogP) is 9.75. The van der Waals surface area contributed by atoms with Gasteiger partial charge in [0.25, 0.3) is 0 Å². The van der Waals surface area contributed by atoms with Crippen molar-refractivity contribution in [1.29, 1.82) is 0 Å². The van der Waals surface area contributed by atoms with E-state index < -0.39 is 0 Å². The smallest absolute Gasteiger partial charge is 0.198 e. The summed E-state index contributed by atoms with van der Waals surface area (Å²) in [5, 5.41) is 21.7. The molecule has 9 heteroatoms. The third kappa shape index (κ3) is 9.27. The number of halogens is 1. The summed E-state index contributed by atoms with van der Waals surface area (Å²) in [4.78, 5) is 19.9. The van der Waals surface area contributed by atoms with Gasteiger partial charge < -0.3 is 30.0 Å². The first kappa shape index (κ1) is 37.1. The van der Waals surface area contributed by atoms with Gasteiger partial charge in [0.15, 0.2) is 11.8 Å². The number of aromatic amines is 2. The molecule has 0 bridgehead atoms. The van der Waals surface area contributed by atoms with Crippen molar-refractivity contribution in [3.8, 4) is 11.8 Å². The molecule has 4 aromatic carbocycles. The number of fused-ring (bicyclic) bond motifs is 2. The highest BCUT2D eigenvalue weighted by Crippen LogP contribution is 2.30. The lowest BCUT2D eigenvalue weighted by Crippen LogP contribution is -2.31. The highest BCUT2D eigenvalue weighted by Gasteiger charge is 2.14. The van der Waals surface area contributed by atoms with Crippen LogP contribution in [0.1, 0.15) is 66.3 Å². The molecule has 0 radical (unpaired) electrons. The van der Waals surface area contributed by atoms with Gasteiger partial charge in [-0.2, -0.15) is 0 Å². The van der Waals surface area contributed by atoms with E-state index in [-0.39, 0.29) is 17.6 Å². The summed E-state index contributed by atoms with van der Waals surface area (Å²) >= 11 is 0. The van der Waals surface area contributed by atoms with Gasteiger partial charge in [0.1, 0.15) is 5.82 Å². The number of rotatable bonds is 10. The van der Waals surface area contributed by atoms with Gasteiger partial charge in [-0.3, -0.25) is 9.98 Å². The topological polar surface area (TPSA) is 103 Å². The predicted molar refractivity (Wildman–Crippen MR) is 220 cm³/mol. The minimum Gasteiger partial charge on any atom is -0.494 e. The number of H-pyrrole nitrogens is 2. The van der Waals surface area contributed by atoms with E-state index in [4.69, 9.17) is 0 Å². The Labute approximate surface area is 317 Å². The van der Waals surface area contributed by atoms with E-state index in [0.717, 1.165) is 59.3 Å². The van der Waals surface area contributed by atoms with Gasteiger partial charge in [0.05, 0.1) is 28.0 Å². The molecule has 0 spiro atoms. The number of likely N-dealkylation sites (tertiary alicyclic amines) is 2. The molecule has 2 fully saturated rings. The fraction of sp³-hybridized carbons (Fsp3) is 0.333. The number of hydrogen-bond acceptors (Lipinski definition) is 6. The van der Waals surface area contributed by atoms with Gasteiger partial charge in [-0.1, -0.05) is 55.3 Å². The van der Waals surface area contributed by atoms with E-state index in [1.54, 1.807) is 18.3 Å². The van der Waals surface area contributed by atoms with Crippen molar-refractivity contribution in [2.24, 2.45) is 9.98 Å². The van der Waals surface area contributed by atoms with Crippen LogP contribution in [0.5, 0.6) is 11.8 Å². The minimum absolute atomic E-state index is 0.0722. The fourth-order valence-corrected chi connectivity index (χ4v) is 7.63. The van der Waals surface area contributed by atoms with Crippen LogP contribution in [-0.4, -0.2) is 81.7 Å². The van der Waals surface area contributed by atoms with Gasteiger partial charge in [0, 0.05) is 41.8 Å². The Kier molecular flexibility index (Phi) is 12.2. The van der Waals surface area contributed by atoms with Crippen LogP contribution >= 0.6 is 0 Å². The van der Waals surface area contributed by atoms with E-state index in [0.29, 0.717) is 16.5 Å². The number of benzene rings is 4. The Morgan fingerprint density at radius 3 is 1.54 bits per heavy atom. The molecule has 280 valence electrons. The molecule has 0 atom stereocenters. The van der Waals surface area contributed by atoms with E-state index in [9.17, 15) is 14.6 Å². The normalized spacial score (nSPS) is 15.7. The molecule has 4 heterocycles. The molecule has 0 amide bonds. The molecule has 0 unspecified atom stereocenters. The van der Waals surface area contributed by atoms with Crippen molar-refractivity contribution < 1.29 is 14.6 Å². The first-order chi connectivity index (χ1) is 26.4. The van der Waals surface area contributed by atoms with Crippen LogP contribution < -0.4 is 0 Å². The summed E-state index contributed by atoms with van der Waals surface area (Å²) in [7, 11) is 0. The van der Waals surface area contributed by atoms with Gasteiger partial charge in [0.2, 0.25) is 0 Å². The minimum atomic E-state index is -0.376. The third-order valence-corrected chi connectivity index (χ3v) is 10.7. The average Bonchev–Trinajstić information content (AvgIpc) is 3.72. The first-order valence-corrected chi connectivity index (χ1v) is 19.4. The second-order valence-electron chi connectivity index (χ2n) is 14.6. The molecule has 2 saturated heterocycles. The lowest BCUT2D eigenvalue weighted by Gasteiger charge is -2.26. The number of aryl methyl sites for hydroxylation is 1. The number of aromatic hydroxyl groups is 2. The van der Waals surface area contributed by atoms with E-state index >= 15 is 0 Å². The number of nitrogens with one attached hydrogen (secondary N) is 2. The Morgan fingerprint density at radius 1 is 0.593 bits per heavy atom. The quantitative estimate of drug-likeness (QED) is 0.106. The summed E-state index contributed by atoms with van der Waals surface area (Å²) in [6.07, 6.45) is 13.5. The van der Waals surface area contributed by atoms with E-state index in [1.165, 1.54) is 88.1 Å². The van der Waals surface area contributed by atoms with Gasteiger partial charge in [-0.25, -0.2) is 4.39 Å². The van der Waals surface area contributed by atoms with E-state index in [1.807, 2.05) is 37.3 Å². The van der Waals surface area contributed by atoms with Crippen LogP contribution in [0, 0.1) is 12.7 Å². The third-order valence-electron chi connectivity index (χ3n) is 10.7. The first-order valence-electron chi connectivity index (χ1n) is 19.4. The molecular weight excluding hydrogens is 676 g/mol. The molecule has 6 aromatic rings. The standard InChI is InChI=1S/C23H27N3O.C22H24FN3O/c1-17-6-5-7-21-22(17)20(23(27)25-21)16-24-19-10-8-18(9-11-19)12-15-26-13-3-2-4-14-26;23-19-5-4-6-20-21(19)18(22(27)25-20)15-24-17-9-7-16(8-10-17)11-14-26-12-2-1-3-13-26/h5-11,16,25,27H,2-4,12-15H2,1H3;4-10,15,25,27H,1-3,11-14H2. The van der Waals surface area contributed by atoms with Gasteiger partial charge in [-0.05, 0) is 131 Å². The lowest BCUT2D eigenvalue weighted by atomic mass is 10.1. The maximum Gasteiger partial charge on any atom is 0.198 e. The summed E-state index contributed by atoms with van der Waals surface area (Å²) < 4.78 is 14.1. The van der Waals surface area contributed by atoms with Crippen molar-refractivity contribution in [2.45, 2.75) is 58.3 Å². The number of hydrogen-bond donors (Lipinski definition) is 4. The summed E-state index contributed by atoms with van der Waals surface area (Å²) in [6, 6.07) is 27.3. The molecule has 0 aliphatic carbocycles. The number of aromatic nitrogens is 2. The maximum atomic E-state index is 14.1. The lowest BCUT2D eigenvalue weighted by molar-refractivity contribution is 0.231. The molecule has 2 aliphatic rings. The second kappa shape index (κ2) is 17.7. The highest BCUT2D eigenvalue weighted by molar-refractivity contribution is 6.04. The molecule has 2 aromatic heterocycles. The van der Waals surface area contributed by atoms with Crippen LogP contribution in [0.3, 0.4) is 0 Å². The van der Waals surface area contributed by atoms with Gasteiger partial charge in [-0.15, -0.1) is 0 Å². The van der Waals surface area contributed by atoms with Gasteiger partial charge >= 0.3 is 0 Å². The molecule has 4 N–H and O–H groups in total. The van der Waals surface area contributed by atoms with E-state index in [2.05, 4.69) is 66.2 Å². The highest BCUT2D eigenvalue weighted by atomic mass is 19.1. The van der Waals surface area contributed by atoms with Crippen molar-refractivity contribution in [2.75, 3.05) is 39.3 Å². The molecular formula is C45H51FN6O2. The van der Waals surface area contributed by atoms with Crippen LogP contribution in [0.25, 0.3) is 21.8 Å². The molecule has 54 heavy (non-hydrogen) atoms. The van der Waals surface area contributed by atoms with Crippen LogP contribution in [0.4, 0.5) is 15.8 Å². The average molecular weight is 727 g/mol. The Balaban J connectivity index is 0.000000167. The van der Waals surface area contributed by atoms with Crippen LogP contribution in [0.2, 0.25) is 0 Å². The zero-order valence-electron chi connectivity index (χ0n) is 31.2.